The highest BCUT2D eigenvalue weighted by Crippen LogP contribution is 2.25. The molecule has 0 aliphatic rings. The number of carbonyl (C=O) groups is 1. The third-order valence-electron chi connectivity index (χ3n) is 3.38. The number of aromatic nitrogens is 2. The van der Waals surface area contributed by atoms with Gasteiger partial charge in [0.05, 0.1) is 30.4 Å². The molecule has 0 saturated carbocycles. The molecule has 0 saturated heterocycles. The van der Waals surface area contributed by atoms with E-state index >= 15 is 0 Å². The molecular weight excluding hydrogens is 311 g/mol. The third kappa shape index (κ3) is 3.57. The zero-order chi connectivity index (χ0) is 16.9. The zero-order valence-electron chi connectivity index (χ0n) is 12.9. The predicted molar refractivity (Wildman–Crippen MR) is 86.6 cm³/mol. The average molecular weight is 326 g/mol. The van der Waals surface area contributed by atoms with Gasteiger partial charge in [-0.25, -0.2) is 9.18 Å². The molecule has 0 unspecified atom stereocenters. The number of rotatable bonds is 4. The number of furan rings is 1. The summed E-state index contributed by atoms with van der Waals surface area (Å²) in [7, 11) is 1.60. The van der Waals surface area contributed by atoms with Crippen LogP contribution in [0.4, 0.5) is 14.9 Å². The molecule has 0 aliphatic heterocycles. The molecule has 0 aliphatic carbocycles. The summed E-state index contributed by atoms with van der Waals surface area (Å²) in [5.74, 6) is 0.0740. The molecule has 2 aromatic heterocycles. The number of halogens is 1. The van der Waals surface area contributed by atoms with E-state index in [0.717, 1.165) is 0 Å². The maximum atomic E-state index is 14.0. The second-order valence-electron chi connectivity index (χ2n) is 5.15. The topological polar surface area (TPSA) is 71.3 Å². The minimum Gasteiger partial charge on any atom is -0.464 e. The van der Waals surface area contributed by atoms with Gasteiger partial charge in [0.1, 0.15) is 11.6 Å². The fourth-order valence-corrected chi connectivity index (χ4v) is 2.15. The fraction of sp³-hybridized carbons (Fsp3) is 0.118. The summed E-state index contributed by atoms with van der Waals surface area (Å²) in [4.78, 5) is 21.7. The zero-order valence-corrected chi connectivity index (χ0v) is 12.9. The van der Waals surface area contributed by atoms with Crippen molar-refractivity contribution in [2.45, 2.75) is 6.54 Å². The van der Waals surface area contributed by atoms with Crippen molar-refractivity contribution in [2.75, 3.05) is 12.4 Å². The Morgan fingerprint density at radius 1 is 1.33 bits per heavy atom. The highest BCUT2D eigenvalue weighted by atomic mass is 19.1. The standard InChI is InChI=1S/C17H15FN4O2/c1-22(11-13-10-19-6-7-20-13)17(23)21-15-9-12(4-5-14(15)18)16-3-2-8-24-16/h2-10H,11H2,1H3,(H,21,23). The molecule has 6 nitrogen and oxygen atoms in total. The lowest BCUT2D eigenvalue weighted by atomic mass is 10.1. The van der Waals surface area contributed by atoms with Crippen LogP contribution in [-0.4, -0.2) is 27.9 Å². The van der Waals surface area contributed by atoms with Gasteiger partial charge in [0, 0.05) is 25.0 Å². The molecule has 3 rings (SSSR count). The lowest BCUT2D eigenvalue weighted by Crippen LogP contribution is -2.31. The maximum Gasteiger partial charge on any atom is 0.322 e. The van der Waals surface area contributed by atoms with Gasteiger partial charge in [-0.15, -0.1) is 0 Å². The minimum absolute atomic E-state index is 0.0832. The Morgan fingerprint density at radius 2 is 2.21 bits per heavy atom. The Bertz CT molecular complexity index is 822. The molecule has 0 bridgehead atoms. The summed E-state index contributed by atoms with van der Waals surface area (Å²) < 4.78 is 19.3. The molecule has 2 amide bonds. The molecule has 0 fully saturated rings. The lowest BCUT2D eigenvalue weighted by molar-refractivity contribution is 0.220. The van der Waals surface area contributed by atoms with Crippen molar-refractivity contribution in [1.29, 1.82) is 0 Å². The van der Waals surface area contributed by atoms with Gasteiger partial charge >= 0.3 is 6.03 Å². The summed E-state index contributed by atoms with van der Waals surface area (Å²) in [6.45, 7) is 0.263. The number of hydrogen-bond donors (Lipinski definition) is 1. The third-order valence-corrected chi connectivity index (χ3v) is 3.38. The van der Waals surface area contributed by atoms with Gasteiger partial charge in [0.2, 0.25) is 0 Å². The van der Waals surface area contributed by atoms with E-state index in [1.807, 2.05) is 0 Å². The van der Waals surface area contributed by atoms with Crippen LogP contribution in [-0.2, 0) is 6.54 Å². The number of carbonyl (C=O) groups excluding carboxylic acids is 1. The Hall–Kier alpha value is -3.22. The van der Waals surface area contributed by atoms with Crippen molar-refractivity contribution < 1.29 is 13.6 Å². The predicted octanol–water partition coefficient (Wildman–Crippen LogP) is 3.54. The summed E-state index contributed by atoms with van der Waals surface area (Å²) in [5.41, 5.74) is 1.40. The van der Waals surface area contributed by atoms with E-state index in [1.165, 1.54) is 23.3 Å². The summed E-state index contributed by atoms with van der Waals surface area (Å²) in [6, 6.07) is 7.46. The van der Waals surface area contributed by atoms with Crippen LogP contribution in [0.5, 0.6) is 0 Å². The van der Waals surface area contributed by atoms with Crippen LogP contribution in [0.3, 0.4) is 0 Å². The van der Waals surface area contributed by atoms with Crippen LogP contribution in [0.2, 0.25) is 0 Å². The Kier molecular flexibility index (Phi) is 4.51. The van der Waals surface area contributed by atoms with Gasteiger partial charge in [-0.05, 0) is 30.3 Å². The van der Waals surface area contributed by atoms with Crippen LogP contribution < -0.4 is 5.32 Å². The Labute approximate surface area is 138 Å². The molecule has 1 aromatic carbocycles. The maximum absolute atomic E-state index is 14.0. The molecule has 0 spiro atoms. The molecule has 2 heterocycles. The smallest absolute Gasteiger partial charge is 0.322 e. The van der Waals surface area contributed by atoms with Crippen molar-refractivity contribution in [1.82, 2.24) is 14.9 Å². The summed E-state index contributed by atoms with van der Waals surface area (Å²) >= 11 is 0. The average Bonchev–Trinajstić information content (AvgIpc) is 3.12. The molecule has 122 valence electrons. The van der Waals surface area contributed by atoms with Crippen molar-refractivity contribution in [3.05, 3.63) is 66.7 Å². The molecule has 3 aromatic rings. The second-order valence-corrected chi connectivity index (χ2v) is 5.15. The number of amides is 2. The molecule has 0 radical (unpaired) electrons. The van der Waals surface area contributed by atoms with Gasteiger partial charge in [-0.2, -0.15) is 0 Å². The number of hydrogen-bond acceptors (Lipinski definition) is 4. The first-order valence-electron chi connectivity index (χ1n) is 7.24. The van der Waals surface area contributed by atoms with E-state index < -0.39 is 11.8 Å². The highest BCUT2D eigenvalue weighted by molar-refractivity contribution is 5.90. The van der Waals surface area contributed by atoms with Gasteiger partial charge in [-0.1, -0.05) is 0 Å². The van der Waals surface area contributed by atoms with Crippen molar-refractivity contribution in [2.24, 2.45) is 0 Å². The van der Waals surface area contributed by atoms with Crippen molar-refractivity contribution in [3.63, 3.8) is 0 Å². The van der Waals surface area contributed by atoms with Crippen LogP contribution in [0, 0.1) is 5.82 Å². The number of benzene rings is 1. The second kappa shape index (κ2) is 6.91. The van der Waals surface area contributed by atoms with E-state index in [9.17, 15) is 9.18 Å². The molecule has 24 heavy (non-hydrogen) atoms. The minimum atomic E-state index is -0.522. The van der Waals surface area contributed by atoms with Gasteiger partial charge in [-0.3, -0.25) is 9.97 Å². The number of nitrogens with zero attached hydrogens (tertiary/aromatic N) is 3. The van der Waals surface area contributed by atoms with Gasteiger partial charge in [0.25, 0.3) is 0 Å². The van der Waals surface area contributed by atoms with E-state index in [0.29, 0.717) is 17.0 Å². The largest absolute Gasteiger partial charge is 0.464 e. The van der Waals surface area contributed by atoms with Gasteiger partial charge < -0.3 is 14.6 Å². The van der Waals surface area contributed by atoms with Gasteiger partial charge in [0.15, 0.2) is 0 Å². The molecular formula is C17H15FN4O2. The Morgan fingerprint density at radius 3 is 2.92 bits per heavy atom. The van der Waals surface area contributed by atoms with E-state index in [1.54, 1.807) is 43.8 Å². The summed E-state index contributed by atoms with van der Waals surface area (Å²) in [6.07, 6.45) is 6.21. The van der Waals surface area contributed by atoms with Crippen LogP contribution in [0.1, 0.15) is 5.69 Å². The normalized spacial score (nSPS) is 10.4. The monoisotopic (exact) mass is 326 g/mol. The number of urea groups is 1. The SMILES string of the molecule is CN(Cc1cnccn1)C(=O)Nc1cc(-c2ccco2)ccc1F. The van der Waals surface area contributed by atoms with E-state index in [-0.39, 0.29) is 12.2 Å². The first-order chi connectivity index (χ1) is 11.6. The highest BCUT2D eigenvalue weighted by Gasteiger charge is 2.14. The first kappa shape index (κ1) is 15.7. The summed E-state index contributed by atoms with van der Waals surface area (Å²) in [5, 5.41) is 2.55. The fourth-order valence-electron chi connectivity index (χ4n) is 2.15. The molecule has 7 heteroatoms. The number of anilines is 1. The van der Waals surface area contributed by atoms with E-state index in [2.05, 4.69) is 15.3 Å². The van der Waals surface area contributed by atoms with Crippen molar-refractivity contribution in [3.8, 4) is 11.3 Å². The van der Waals surface area contributed by atoms with Crippen LogP contribution in [0.25, 0.3) is 11.3 Å². The molecule has 1 N–H and O–H groups in total. The molecule has 0 atom stereocenters. The lowest BCUT2D eigenvalue weighted by Gasteiger charge is -2.18. The van der Waals surface area contributed by atoms with Crippen LogP contribution >= 0.6 is 0 Å². The van der Waals surface area contributed by atoms with Crippen LogP contribution in [0.15, 0.2) is 59.6 Å². The number of nitrogens with one attached hydrogen (secondary N) is 1. The van der Waals surface area contributed by atoms with E-state index in [4.69, 9.17) is 4.42 Å². The Balaban J connectivity index is 1.73. The quantitative estimate of drug-likeness (QED) is 0.796. The first-order valence-corrected chi connectivity index (χ1v) is 7.24. The van der Waals surface area contributed by atoms with Crippen molar-refractivity contribution >= 4 is 11.7 Å².